The van der Waals surface area contributed by atoms with Crippen molar-refractivity contribution in [2.24, 2.45) is 5.41 Å². The van der Waals surface area contributed by atoms with Gasteiger partial charge in [0.05, 0.1) is 6.04 Å². The number of carbonyl (C=O) groups is 1. The number of carbonyl (C=O) groups excluding carboxylic acids is 1. The molecule has 0 bridgehead atoms. The lowest BCUT2D eigenvalue weighted by Gasteiger charge is -2.43. The molecular formula is C22H32N4O2. The normalized spacial score (nSPS) is 20.8. The van der Waals surface area contributed by atoms with Crippen molar-refractivity contribution in [3.05, 3.63) is 47.5 Å². The summed E-state index contributed by atoms with van der Waals surface area (Å²) in [6, 6.07) is 9.94. The van der Waals surface area contributed by atoms with Gasteiger partial charge in [-0.15, -0.1) is 0 Å². The molecule has 152 valence electrons. The van der Waals surface area contributed by atoms with Crippen molar-refractivity contribution in [1.82, 2.24) is 19.7 Å². The minimum absolute atomic E-state index is 0.0118. The van der Waals surface area contributed by atoms with Crippen molar-refractivity contribution in [3.8, 4) is 0 Å². The molecule has 2 heterocycles. The molecule has 6 heteroatoms. The first-order chi connectivity index (χ1) is 13.2. The topological polar surface area (TPSA) is 60.2 Å². The number of rotatable bonds is 5. The molecule has 0 aliphatic carbocycles. The number of hydrogen-bond donors (Lipinski definition) is 0. The first-order valence-corrected chi connectivity index (χ1v) is 10.1. The lowest BCUT2D eigenvalue weighted by atomic mass is 9.94. The highest BCUT2D eigenvalue weighted by molar-refractivity contribution is 5.79. The fourth-order valence-corrected chi connectivity index (χ4v) is 3.77. The lowest BCUT2D eigenvalue weighted by molar-refractivity contribution is -0.163. The number of aromatic nitrogens is 3. The smallest absolute Gasteiger partial charge is 0.249 e. The van der Waals surface area contributed by atoms with Crippen LogP contribution in [0.5, 0.6) is 0 Å². The summed E-state index contributed by atoms with van der Waals surface area (Å²) < 4.78 is 8.10. The molecule has 2 aromatic rings. The van der Waals surface area contributed by atoms with Crippen LogP contribution in [0.2, 0.25) is 0 Å². The van der Waals surface area contributed by atoms with Gasteiger partial charge in [-0.2, -0.15) is 5.10 Å². The number of ether oxygens (including phenoxy) is 1. The molecule has 0 unspecified atom stereocenters. The molecule has 1 fully saturated rings. The summed E-state index contributed by atoms with van der Waals surface area (Å²) in [6.07, 6.45) is 0.414. The van der Waals surface area contributed by atoms with Crippen molar-refractivity contribution < 1.29 is 9.53 Å². The van der Waals surface area contributed by atoms with Crippen LogP contribution in [0.15, 0.2) is 30.3 Å². The Morgan fingerprint density at radius 1 is 1.21 bits per heavy atom. The third kappa shape index (κ3) is 4.27. The molecule has 1 amide bonds. The zero-order valence-electron chi connectivity index (χ0n) is 17.8. The summed E-state index contributed by atoms with van der Waals surface area (Å²) in [4.78, 5) is 19.5. The maximum Gasteiger partial charge on any atom is 0.249 e. The summed E-state index contributed by atoms with van der Waals surface area (Å²) >= 11 is 0. The third-order valence-electron chi connectivity index (χ3n) is 4.90. The Balaban J connectivity index is 2.10. The Bertz CT molecular complexity index is 808. The van der Waals surface area contributed by atoms with E-state index >= 15 is 0 Å². The maximum absolute atomic E-state index is 12.7. The summed E-state index contributed by atoms with van der Waals surface area (Å²) in [6.45, 7) is 13.5. The minimum atomic E-state index is -0.349. The van der Waals surface area contributed by atoms with Crippen LogP contribution in [0.4, 0.5) is 0 Å². The van der Waals surface area contributed by atoms with Crippen LogP contribution in [0, 0.1) is 5.41 Å². The average molecular weight is 385 g/mol. The van der Waals surface area contributed by atoms with E-state index in [1.807, 2.05) is 41.6 Å². The van der Waals surface area contributed by atoms with Gasteiger partial charge in [0.15, 0.2) is 11.6 Å². The van der Waals surface area contributed by atoms with E-state index < -0.39 is 0 Å². The molecule has 1 aliphatic heterocycles. The molecule has 1 saturated heterocycles. The van der Waals surface area contributed by atoms with Crippen molar-refractivity contribution in [3.63, 3.8) is 0 Å². The Labute approximate surface area is 167 Å². The van der Waals surface area contributed by atoms with Gasteiger partial charge >= 0.3 is 0 Å². The monoisotopic (exact) mass is 384 g/mol. The fraction of sp³-hybridized carbons (Fsp3) is 0.591. The first-order valence-electron chi connectivity index (χ1n) is 10.1. The first kappa shape index (κ1) is 20.5. The minimum Gasteiger partial charge on any atom is -0.358 e. The predicted octanol–water partition coefficient (Wildman–Crippen LogP) is 3.94. The zero-order chi connectivity index (χ0) is 20.5. The van der Waals surface area contributed by atoms with Crippen molar-refractivity contribution >= 4 is 5.91 Å². The fourth-order valence-electron chi connectivity index (χ4n) is 3.77. The van der Waals surface area contributed by atoms with Gasteiger partial charge in [-0.05, 0) is 24.8 Å². The second-order valence-electron chi connectivity index (χ2n) is 8.94. The van der Waals surface area contributed by atoms with Gasteiger partial charge in [-0.25, -0.2) is 9.67 Å². The van der Waals surface area contributed by atoms with Crippen LogP contribution < -0.4 is 0 Å². The number of benzene rings is 1. The molecular weight excluding hydrogens is 352 g/mol. The summed E-state index contributed by atoms with van der Waals surface area (Å²) in [5, 5.41) is 4.73. The second kappa shape index (κ2) is 8.03. The number of hydrogen-bond acceptors (Lipinski definition) is 4. The van der Waals surface area contributed by atoms with E-state index in [9.17, 15) is 4.79 Å². The van der Waals surface area contributed by atoms with Crippen LogP contribution in [-0.2, 0) is 22.5 Å². The molecule has 3 rings (SSSR count). The summed E-state index contributed by atoms with van der Waals surface area (Å²) in [5.74, 6) is 1.62. The number of aryl methyl sites for hydroxylation is 1. The third-order valence-corrected chi connectivity index (χ3v) is 4.90. The molecule has 2 atom stereocenters. The van der Waals surface area contributed by atoms with Gasteiger partial charge in [0, 0.05) is 19.0 Å². The molecule has 0 N–H and O–H groups in total. The van der Waals surface area contributed by atoms with E-state index in [1.165, 1.54) is 0 Å². The molecule has 6 nitrogen and oxygen atoms in total. The highest BCUT2D eigenvalue weighted by Gasteiger charge is 2.42. The molecule has 0 radical (unpaired) electrons. The average Bonchev–Trinajstić information content (AvgIpc) is 3.02. The Morgan fingerprint density at radius 2 is 1.89 bits per heavy atom. The van der Waals surface area contributed by atoms with Crippen LogP contribution in [0.3, 0.4) is 0 Å². The zero-order valence-corrected chi connectivity index (χ0v) is 17.8. The largest absolute Gasteiger partial charge is 0.358 e. The van der Waals surface area contributed by atoms with Crippen LogP contribution >= 0.6 is 0 Å². The molecule has 1 aliphatic rings. The van der Waals surface area contributed by atoms with E-state index in [0.717, 1.165) is 30.2 Å². The number of morpholine rings is 1. The lowest BCUT2D eigenvalue weighted by Crippen LogP contribution is -2.49. The van der Waals surface area contributed by atoms with Gasteiger partial charge in [0.1, 0.15) is 12.7 Å². The Hall–Kier alpha value is -2.21. The van der Waals surface area contributed by atoms with E-state index in [4.69, 9.17) is 14.8 Å². The standard InChI is InChI=1S/C22H32N4O2/c1-7-17-23-21(25(24-17)14-22(4,5)6)20-19(16-11-9-8-10-12-16)26(15(2)3)18(27)13-28-20/h8-12,15,19-20H,7,13-14H2,1-6H3/t19-,20+/m1/s1. The molecule has 1 aromatic carbocycles. The van der Waals surface area contributed by atoms with E-state index in [-0.39, 0.29) is 36.1 Å². The predicted molar refractivity (Wildman–Crippen MR) is 109 cm³/mol. The van der Waals surface area contributed by atoms with E-state index in [2.05, 4.69) is 39.8 Å². The van der Waals surface area contributed by atoms with Crippen LogP contribution in [-0.4, -0.2) is 38.2 Å². The Morgan fingerprint density at radius 3 is 2.46 bits per heavy atom. The molecule has 1 aromatic heterocycles. The molecule has 28 heavy (non-hydrogen) atoms. The number of nitrogens with zero attached hydrogens (tertiary/aromatic N) is 4. The summed E-state index contributed by atoms with van der Waals surface area (Å²) in [5.41, 5.74) is 1.11. The van der Waals surface area contributed by atoms with Crippen molar-refractivity contribution in [2.45, 2.75) is 72.7 Å². The quantitative estimate of drug-likeness (QED) is 0.783. The van der Waals surface area contributed by atoms with E-state index in [1.54, 1.807) is 0 Å². The van der Waals surface area contributed by atoms with Gasteiger partial charge in [-0.3, -0.25) is 4.79 Å². The molecule has 0 spiro atoms. The number of amides is 1. The van der Waals surface area contributed by atoms with Gasteiger partial charge < -0.3 is 9.64 Å². The van der Waals surface area contributed by atoms with Gasteiger partial charge in [-0.1, -0.05) is 58.0 Å². The van der Waals surface area contributed by atoms with Crippen molar-refractivity contribution in [2.75, 3.05) is 6.61 Å². The van der Waals surface area contributed by atoms with Gasteiger partial charge in [0.2, 0.25) is 5.91 Å². The Kier molecular flexibility index (Phi) is 5.89. The van der Waals surface area contributed by atoms with Crippen molar-refractivity contribution in [1.29, 1.82) is 0 Å². The second-order valence-corrected chi connectivity index (χ2v) is 8.94. The summed E-state index contributed by atoms with van der Waals surface area (Å²) in [7, 11) is 0. The van der Waals surface area contributed by atoms with Crippen LogP contribution in [0.1, 0.15) is 70.9 Å². The SMILES string of the molecule is CCc1nc([C@H]2OCC(=O)N(C(C)C)[C@@H]2c2ccccc2)n(CC(C)(C)C)n1. The highest BCUT2D eigenvalue weighted by Crippen LogP contribution is 2.40. The maximum atomic E-state index is 12.7. The highest BCUT2D eigenvalue weighted by atomic mass is 16.5. The van der Waals surface area contributed by atoms with Gasteiger partial charge in [0.25, 0.3) is 0 Å². The van der Waals surface area contributed by atoms with Crippen LogP contribution in [0.25, 0.3) is 0 Å². The van der Waals surface area contributed by atoms with E-state index in [0.29, 0.717) is 0 Å². The molecule has 0 saturated carbocycles.